The van der Waals surface area contributed by atoms with E-state index in [0.717, 1.165) is 17.3 Å². The maximum atomic E-state index is 9.43. The van der Waals surface area contributed by atoms with Gasteiger partial charge >= 0.3 is 0 Å². The van der Waals surface area contributed by atoms with Gasteiger partial charge in [-0.1, -0.05) is 12.1 Å². The summed E-state index contributed by atoms with van der Waals surface area (Å²) in [5.41, 5.74) is 2.36. The summed E-state index contributed by atoms with van der Waals surface area (Å²) in [7, 11) is 0. The van der Waals surface area contributed by atoms with E-state index in [1.165, 1.54) is 18.4 Å². The molecule has 0 saturated heterocycles. The first-order valence-corrected chi connectivity index (χ1v) is 5.65. The van der Waals surface area contributed by atoms with Gasteiger partial charge in [-0.25, -0.2) is 0 Å². The normalized spacial score (nSPS) is 29.2. The third-order valence-corrected chi connectivity index (χ3v) is 4.36. The Balaban J connectivity index is 1.91. The van der Waals surface area contributed by atoms with Gasteiger partial charge in [-0.3, -0.25) is 5.10 Å². The summed E-state index contributed by atoms with van der Waals surface area (Å²) in [4.78, 5) is 0. The lowest BCUT2D eigenvalue weighted by Gasteiger charge is -2.07. The molecule has 16 heavy (non-hydrogen) atoms. The van der Waals surface area contributed by atoms with E-state index in [1.54, 1.807) is 0 Å². The Hall–Kier alpha value is -1.82. The number of H-pyrrole nitrogens is 1. The van der Waals surface area contributed by atoms with Gasteiger partial charge in [-0.2, -0.15) is 10.4 Å². The predicted molar refractivity (Wildman–Crippen MR) is 59.7 cm³/mol. The molecule has 1 aromatic carbocycles. The van der Waals surface area contributed by atoms with Gasteiger partial charge in [0.2, 0.25) is 0 Å². The Bertz CT molecular complexity index is 630. The van der Waals surface area contributed by atoms with Crippen molar-refractivity contribution in [2.45, 2.75) is 24.7 Å². The fourth-order valence-electron chi connectivity index (χ4n) is 3.05. The van der Waals surface area contributed by atoms with Crippen molar-refractivity contribution >= 4 is 10.9 Å². The molecule has 0 radical (unpaired) electrons. The molecule has 1 N–H and O–H groups in total. The number of nitriles is 1. The second kappa shape index (κ2) is 2.30. The molecule has 2 aliphatic rings. The van der Waals surface area contributed by atoms with Crippen LogP contribution in [0.3, 0.4) is 0 Å². The zero-order valence-corrected chi connectivity index (χ0v) is 8.83. The first kappa shape index (κ1) is 8.35. The third-order valence-electron chi connectivity index (χ3n) is 4.36. The Morgan fingerprint density at radius 2 is 2.25 bits per heavy atom. The van der Waals surface area contributed by atoms with Gasteiger partial charge in [0.05, 0.1) is 23.2 Å². The van der Waals surface area contributed by atoms with E-state index < -0.39 is 0 Å². The van der Waals surface area contributed by atoms with Crippen LogP contribution in [-0.4, -0.2) is 10.2 Å². The number of benzene rings is 1. The predicted octanol–water partition coefficient (Wildman–Crippen LogP) is 2.51. The van der Waals surface area contributed by atoms with Gasteiger partial charge in [0.25, 0.3) is 0 Å². The Kier molecular flexibility index (Phi) is 1.20. The van der Waals surface area contributed by atoms with Crippen LogP contribution in [0.2, 0.25) is 0 Å². The molecular formula is C13H11N3. The van der Waals surface area contributed by atoms with Crippen LogP contribution in [0.4, 0.5) is 0 Å². The highest BCUT2D eigenvalue weighted by Gasteiger charge is 2.75. The lowest BCUT2D eigenvalue weighted by Crippen LogP contribution is -2.07. The minimum Gasteiger partial charge on any atom is -0.278 e. The average molecular weight is 209 g/mol. The topological polar surface area (TPSA) is 52.5 Å². The van der Waals surface area contributed by atoms with E-state index in [0.29, 0.717) is 5.41 Å². The number of nitrogens with one attached hydrogen (secondary N) is 1. The molecule has 0 amide bonds. The lowest BCUT2D eigenvalue weighted by atomic mass is 9.93. The highest BCUT2D eigenvalue weighted by atomic mass is 15.1. The average Bonchev–Trinajstić information content (AvgIpc) is 3.17. The summed E-state index contributed by atoms with van der Waals surface area (Å²) in [5.74, 6) is 0. The minimum atomic E-state index is -0.188. The van der Waals surface area contributed by atoms with Crippen LogP contribution in [0.15, 0.2) is 24.4 Å². The second-order valence-electron chi connectivity index (χ2n) is 5.15. The van der Waals surface area contributed by atoms with Crippen molar-refractivity contribution in [3.05, 3.63) is 30.0 Å². The van der Waals surface area contributed by atoms with E-state index >= 15 is 0 Å². The summed E-state index contributed by atoms with van der Waals surface area (Å²) in [5, 5.41) is 17.5. The SMILES string of the molecule is N#C[C@]1(c2ccc3cn[nH]c3c2)CC12CC2. The molecule has 1 heterocycles. The standard InChI is InChI=1S/C13H11N3/c14-8-13(7-12(13)3-4-12)10-2-1-9-6-15-16-11(9)5-10/h1-2,5-6H,3-4,7H2,(H,15,16)/t13-/m0/s1. The number of hydrogen-bond donors (Lipinski definition) is 1. The van der Waals surface area contributed by atoms with Crippen molar-refractivity contribution in [2.24, 2.45) is 5.41 Å². The molecule has 78 valence electrons. The highest BCUT2D eigenvalue weighted by Crippen LogP contribution is 2.78. The van der Waals surface area contributed by atoms with E-state index in [2.05, 4.69) is 34.5 Å². The molecule has 1 atom stereocenters. The van der Waals surface area contributed by atoms with Crippen molar-refractivity contribution in [1.82, 2.24) is 10.2 Å². The van der Waals surface area contributed by atoms with Crippen molar-refractivity contribution < 1.29 is 0 Å². The van der Waals surface area contributed by atoms with E-state index in [9.17, 15) is 5.26 Å². The molecule has 3 nitrogen and oxygen atoms in total. The minimum absolute atomic E-state index is 0.188. The van der Waals surface area contributed by atoms with Crippen LogP contribution in [0.5, 0.6) is 0 Å². The number of aromatic amines is 1. The first-order valence-electron chi connectivity index (χ1n) is 5.65. The molecule has 2 saturated carbocycles. The van der Waals surface area contributed by atoms with Crippen LogP contribution in [0, 0.1) is 16.7 Å². The largest absolute Gasteiger partial charge is 0.278 e. The van der Waals surface area contributed by atoms with Crippen molar-refractivity contribution in [1.29, 1.82) is 5.26 Å². The molecule has 2 aliphatic carbocycles. The van der Waals surface area contributed by atoms with Crippen LogP contribution >= 0.6 is 0 Å². The van der Waals surface area contributed by atoms with Gasteiger partial charge in [0.1, 0.15) is 0 Å². The van der Waals surface area contributed by atoms with Crippen LogP contribution < -0.4 is 0 Å². The van der Waals surface area contributed by atoms with Gasteiger partial charge < -0.3 is 0 Å². The van der Waals surface area contributed by atoms with Gasteiger partial charge in [0, 0.05) is 5.39 Å². The van der Waals surface area contributed by atoms with E-state index in [1.807, 2.05) is 6.20 Å². The fourth-order valence-corrected chi connectivity index (χ4v) is 3.05. The Morgan fingerprint density at radius 3 is 2.94 bits per heavy atom. The Labute approximate surface area is 93.1 Å². The number of rotatable bonds is 1. The maximum Gasteiger partial charge on any atom is 0.0885 e. The molecule has 4 rings (SSSR count). The lowest BCUT2D eigenvalue weighted by molar-refractivity contribution is 0.738. The van der Waals surface area contributed by atoms with Crippen molar-refractivity contribution in [3.63, 3.8) is 0 Å². The highest BCUT2D eigenvalue weighted by molar-refractivity contribution is 5.79. The Morgan fingerprint density at radius 1 is 1.38 bits per heavy atom. The molecule has 3 heteroatoms. The molecule has 1 spiro atoms. The number of hydrogen-bond acceptors (Lipinski definition) is 2. The quantitative estimate of drug-likeness (QED) is 0.784. The summed E-state index contributed by atoms with van der Waals surface area (Å²) >= 11 is 0. The van der Waals surface area contributed by atoms with Crippen LogP contribution in [-0.2, 0) is 5.41 Å². The monoisotopic (exact) mass is 209 g/mol. The molecular weight excluding hydrogens is 198 g/mol. The van der Waals surface area contributed by atoms with E-state index in [4.69, 9.17) is 0 Å². The summed E-state index contributed by atoms with van der Waals surface area (Å²) in [6.07, 6.45) is 5.32. The molecule has 0 unspecified atom stereocenters. The number of aromatic nitrogens is 2. The molecule has 2 fully saturated rings. The number of nitrogens with zero attached hydrogens (tertiary/aromatic N) is 2. The zero-order valence-electron chi connectivity index (χ0n) is 8.83. The summed E-state index contributed by atoms with van der Waals surface area (Å²) in [6.45, 7) is 0. The third kappa shape index (κ3) is 0.780. The smallest absolute Gasteiger partial charge is 0.0885 e. The van der Waals surface area contributed by atoms with Crippen LogP contribution in [0.25, 0.3) is 10.9 Å². The van der Waals surface area contributed by atoms with Crippen molar-refractivity contribution in [2.75, 3.05) is 0 Å². The fraction of sp³-hybridized carbons (Fsp3) is 0.385. The molecule has 0 bridgehead atoms. The van der Waals surface area contributed by atoms with Crippen molar-refractivity contribution in [3.8, 4) is 6.07 Å². The summed E-state index contributed by atoms with van der Waals surface area (Å²) in [6, 6.07) is 8.79. The maximum absolute atomic E-state index is 9.43. The van der Waals surface area contributed by atoms with Crippen LogP contribution in [0.1, 0.15) is 24.8 Å². The van der Waals surface area contributed by atoms with Gasteiger partial charge in [0.15, 0.2) is 0 Å². The first-order chi connectivity index (χ1) is 7.80. The van der Waals surface area contributed by atoms with E-state index in [-0.39, 0.29) is 5.41 Å². The molecule has 2 aromatic rings. The molecule has 1 aromatic heterocycles. The van der Waals surface area contributed by atoms with Gasteiger partial charge in [-0.15, -0.1) is 0 Å². The summed E-state index contributed by atoms with van der Waals surface area (Å²) < 4.78 is 0. The zero-order chi connectivity index (χ0) is 10.8. The number of fused-ring (bicyclic) bond motifs is 1. The van der Waals surface area contributed by atoms with Gasteiger partial charge in [-0.05, 0) is 36.3 Å². The second-order valence-corrected chi connectivity index (χ2v) is 5.15. The molecule has 0 aliphatic heterocycles.